The third kappa shape index (κ3) is 46.5. The van der Waals surface area contributed by atoms with Gasteiger partial charge in [-0.25, -0.2) is 9.97 Å². The summed E-state index contributed by atoms with van der Waals surface area (Å²) in [6.45, 7) is 38.3. The zero-order valence-electron chi connectivity index (χ0n) is 91.3. The normalized spacial score (nSPS) is 11.4. The highest BCUT2D eigenvalue weighted by Crippen LogP contribution is 2.29. The Hall–Kier alpha value is -8.74. The van der Waals surface area contributed by atoms with E-state index in [0.29, 0.717) is 142 Å². The predicted molar refractivity (Wildman–Crippen MR) is 582 cm³/mol. The van der Waals surface area contributed by atoms with Crippen LogP contribution < -0.4 is 68.6 Å². The van der Waals surface area contributed by atoms with E-state index in [1.165, 1.54) is 257 Å². The molecule has 0 aromatic carbocycles. The molecule has 776 valence electrons. The van der Waals surface area contributed by atoms with Crippen LogP contribution in [-0.4, -0.2) is 272 Å². The van der Waals surface area contributed by atoms with Gasteiger partial charge >= 0.3 is 0 Å². The van der Waals surface area contributed by atoms with Crippen molar-refractivity contribution in [2.24, 2.45) is 0 Å². The van der Waals surface area contributed by atoms with Gasteiger partial charge in [0.25, 0.3) is 0 Å². The first-order chi connectivity index (χ1) is 66.5. The summed E-state index contributed by atoms with van der Waals surface area (Å²) in [4.78, 5) is 124. The number of hydrogen-bond acceptors (Lipinski definition) is 32. The van der Waals surface area contributed by atoms with E-state index in [9.17, 15) is 0 Å². The fourth-order valence-electron chi connectivity index (χ4n) is 17.2. The zero-order chi connectivity index (χ0) is 99.2. The lowest BCUT2D eigenvalue weighted by Gasteiger charge is -2.30. The molecule has 137 heavy (non-hydrogen) atoms. The van der Waals surface area contributed by atoms with Crippen molar-refractivity contribution in [2.45, 2.75) is 391 Å². The Morgan fingerprint density at radius 1 is 0.124 bits per heavy atom. The summed E-state index contributed by atoms with van der Waals surface area (Å²) in [6, 6.07) is 0. The Morgan fingerprint density at radius 2 is 0.241 bits per heavy atom. The standard InChI is InChI=1S/C105H196N32/c1-23-31-39-47-55-63-71-134(72-64-56-48-40-32-24-2)102-118-98(119-103(122-102)135(73-65-57-49-41-33-25-3)74-66-58-50-42-34-26-4)130(19)85-83-128(17)96-113-97(117-101(116-96)133(22)87-132(21)100-114-94(126(15)81-79-124(13)92-108-88(9)106-89(10)109-92)112-95(115-100)127(16)82-80-125(14)93-110-90(11)107-91(12)111-93)129(18)84-86-131(20)99-120-104(136(75-67-59-51-43-35-27-5)76-68-60-52-44-36-28-6)123-105(121-99)137(77-69-61-53-45-37-29-7)78-70-62-54-46-38-30-8/h23-87H2,1-22H3. The van der Waals surface area contributed by atoms with Crippen LogP contribution in [0.1, 0.15) is 387 Å². The molecule has 32 heteroatoms. The van der Waals surface area contributed by atoms with Crippen LogP contribution in [0.25, 0.3) is 0 Å². The molecule has 0 atom stereocenters. The second-order valence-corrected chi connectivity index (χ2v) is 39.4. The van der Waals surface area contributed by atoms with E-state index in [2.05, 4.69) is 167 Å². The van der Waals surface area contributed by atoms with Crippen molar-refractivity contribution in [2.75, 3.05) is 250 Å². The Bertz CT molecular complexity index is 3630. The van der Waals surface area contributed by atoms with E-state index in [1.54, 1.807) is 0 Å². The van der Waals surface area contributed by atoms with Crippen molar-refractivity contribution < 1.29 is 0 Å². The molecule has 6 heterocycles. The first kappa shape index (κ1) is 117. The number of hydrogen-bond donors (Lipinski definition) is 0. The Kier molecular flexibility index (Phi) is 59.8. The first-order valence-corrected chi connectivity index (χ1v) is 55.0. The van der Waals surface area contributed by atoms with Crippen LogP contribution in [0.15, 0.2) is 0 Å². The molecule has 0 radical (unpaired) electrons. The summed E-state index contributed by atoms with van der Waals surface area (Å²) >= 11 is 0. The number of aryl methyl sites for hydroxylation is 4. The average molecular weight is 1910 g/mol. The maximum atomic E-state index is 5.59. The maximum Gasteiger partial charge on any atom is 0.233 e. The molecule has 0 aliphatic heterocycles. The van der Waals surface area contributed by atoms with Crippen molar-refractivity contribution in [3.63, 3.8) is 0 Å². The first-order valence-electron chi connectivity index (χ1n) is 55.0. The average Bonchev–Trinajstić information content (AvgIpc) is 0.815. The van der Waals surface area contributed by atoms with Gasteiger partial charge < -0.3 is 68.6 Å². The molecule has 0 fully saturated rings. The summed E-state index contributed by atoms with van der Waals surface area (Å²) in [6.07, 6.45) is 59.0. The van der Waals surface area contributed by atoms with Crippen LogP contribution >= 0.6 is 0 Å². The molecular formula is C105H196N32. The molecule has 0 amide bonds. The Labute approximate surface area is 833 Å². The zero-order valence-corrected chi connectivity index (χ0v) is 91.3. The van der Waals surface area contributed by atoms with Crippen molar-refractivity contribution >= 4 is 83.3 Å². The number of nitrogens with zero attached hydrogens (tertiary/aromatic N) is 32. The number of anilines is 14. The second kappa shape index (κ2) is 70.0. The van der Waals surface area contributed by atoms with E-state index in [1.807, 2.05) is 84.7 Å². The van der Waals surface area contributed by atoms with Gasteiger partial charge in [-0.15, -0.1) is 0 Å². The SMILES string of the molecule is CCCCCCCCN(CCCCCCCC)c1nc(N(C)CCN(C)c2nc(N(C)CCN(C)c3nc(N(CCCCCCCC)CCCCCCCC)nc(N(CCCCCCCC)CCCCCCCC)n3)nc(N(C)CN(C)c3nc(N(C)CCN(C)c4nc(C)nc(C)n4)nc(N(C)CCN(C)c4nc(C)nc(C)n4)n3)n2)nc(N(CCCCCCCC)CCCCCCCC)n1. The van der Waals surface area contributed by atoms with Gasteiger partial charge in [0, 0.05) is 175 Å². The number of rotatable bonds is 84. The van der Waals surface area contributed by atoms with Gasteiger partial charge in [-0.05, 0) is 79.1 Å². The van der Waals surface area contributed by atoms with Crippen LogP contribution in [0.2, 0.25) is 0 Å². The molecule has 0 saturated carbocycles. The second-order valence-electron chi connectivity index (χ2n) is 39.4. The maximum absolute atomic E-state index is 5.59. The van der Waals surface area contributed by atoms with Gasteiger partial charge in [0.1, 0.15) is 23.3 Å². The molecular weight excluding hydrogens is 1710 g/mol. The topological polar surface area (TPSA) is 277 Å². The molecule has 0 aliphatic rings. The Balaban J connectivity index is 1.47. The van der Waals surface area contributed by atoms with Crippen LogP contribution in [0.4, 0.5) is 83.3 Å². The summed E-state index contributed by atoms with van der Waals surface area (Å²) in [5.41, 5.74) is 0. The van der Waals surface area contributed by atoms with E-state index >= 15 is 0 Å². The quantitative estimate of drug-likeness (QED) is 0.0253. The summed E-state index contributed by atoms with van der Waals surface area (Å²) in [7, 11) is 20.6. The largest absolute Gasteiger partial charge is 0.342 e. The van der Waals surface area contributed by atoms with Gasteiger partial charge in [-0.2, -0.15) is 79.7 Å². The molecule has 0 unspecified atom stereocenters. The van der Waals surface area contributed by atoms with Gasteiger partial charge in [-0.1, -0.05) is 312 Å². The summed E-state index contributed by atoms with van der Waals surface area (Å²) in [5, 5.41) is 0. The molecule has 0 bridgehead atoms. The molecule has 0 saturated heterocycles. The van der Waals surface area contributed by atoms with Crippen molar-refractivity contribution in [3.05, 3.63) is 23.3 Å². The smallest absolute Gasteiger partial charge is 0.233 e. The predicted octanol–water partition coefficient (Wildman–Crippen LogP) is 22.0. The van der Waals surface area contributed by atoms with Gasteiger partial charge in [-0.3, -0.25) is 0 Å². The number of likely N-dealkylation sites (N-methyl/N-ethyl adjacent to an activating group) is 8. The van der Waals surface area contributed by atoms with Crippen molar-refractivity contribution in [1.29, 1.82) is 0 Å². The van der Waals surface area contributed by atoms with Crippen molar-refractivity contribution in [3.8, 4) is 0 Å². The highest BCUT2D eigenvalue weighted by Gasteiger charge is 2.27. The molecule has 0 aliphatic carbocycles. The van der Waals surface area contributed by atoms with Gasteiger partial charge in [0.15, 0.2) is 0 Å². The van der Waals surface area contributed by atoms with Crippen LogP contribution in [0.5, 0.6) is 0 Å². The molecule has 6 aromatic heterocycles. The summed E-state index contributed by atoms with van der Waals surface area (Å²) < 4.78 is 0. The number of unbranched alkanes of at least 4 members (excludes halogenated alkanes) is 40. The lowest BCUT2D eigenvalue weighted by molar-refractivity contribution is 0.563. The van der Waals surface area contributed by atoms with E-state index < -0.39 is 0 Å². The summed E-state index contributed by atoms with van der Waals surface area (Å²) in [5.74, 6) is 11.5. The van der Waals surface area contributed by atoms with Crippen LogP contribution in [-0.2, 0) is 0 Å². The van der Waals surface area contributed by atoms with Crippen LogP contribution in [0.3, 0.4) is 0 Å². The minimum absolute atomic E-state index is 0.292. The highest BCUT2D eigenvalue weighted by molar-refractivity contribution is 5.52. The molecule has 0 spiro atoms. The molecule has 6 rings (SSSR count). The van der Waals surface area contributed by atoms with Gasteiger partial charge in [0.05, 0.1) is 6.67 Å². The minimum Gasteiger partial charge on any atom is -0.342 e. The Morgan fingerprint density at radius 3 is 0.394 bits per heavy atom. The third-order valence-corrected chi connectivity index (χ3v) is 26.4. The monoisotopic (exact) mass is 1910 g/mol. The van der Waals surface area contributed by atoms with Crippen molar-refractivity contribution in [1.82, 2.24) is 89.7 Å². The lowest BCUT2D eigenvalue weighted by atomic mass is 10.1. The highest BCUT2D eigenvalue weighted by atomic mass is 15.5. The van der Waals surface area contributed by atoms with Crippen LogP contribution in [0, 0.1) is 27.7 Å². The third-order valence-electron chi connectivity index (χ3n) is 26.4. The van der Waals surface area contributed by atoms with E-state index in [4.69, 9.17) is 59.8 Å². The molecule has 0 N–H and O–H groups in total. The lowest BCUT2D eigenvalue weighted by Crippen LogP contribution is -2.38. The molecule has 6 aromatic rings. The fourth-order valence-corrected chi connectivity index (χ4v) is 17.2. The fraction of sp³-hybridized carbons (Fsp3) is 0.829. The van der Waals surface area contributed by atoms with E-state index in [-0.39, 0.29) is 0 Å². The van der Waals surface area contributed by atoms with E-state index in [0.717, 1.165) is 128 Å². The van der Waals surface area contributed by atoms with Gasteiger partial charge in [0.2, 0.25) is 83.3 Å². The molecule has 32 nitrogen and oxygen atoms in total. The number of aromatic nitrogens is 18. The minimum atomic E-state index is 0.292.